The van der Waals surface area contributed by atoms with E-state index in [4.69, 9.17) is 4.74 Å². The molecule has 2 heterocycles. The smallest absolute Gasteiger partial charge is 0.230 e. The van der Waals surface area contributed by atoms with Crippen LogP contribution in [-0.4, -0.2) is 35.1 Å². The molecule has 47 heavy (non-hydrogen) atoms. The Morgan fingerprint density at radius 1 is 0.915 bits per heavy atom. The molecule has 8 nitrogen and oxygen atoms in total. The summed E-state index contributed by atoms with van der Waals surface area (Å²) in [4.78, 5) is 53.9. The highest BCUT2D eigenvalue weighted by Gasteiger charge is 2.42. The van der Waals surface area contributed by atoms with Gasteiger partial charge in [0.25, 0.3) is 0 Å². The Balaban J connectivity index is 0.876. The number of imide groups is 1. The van der Waals surface area contributed by atoms with E-state index in [1.165, 1.54) is 23.5 Å². The number of carbonyl (C=O) groups is 4. The molecule has 0 radical (unpaired) electrons. The summed E-state index contributed by atoms with van der Waals surface area (Å²) >= 11 is 1.46. The first-order chi connectivity index (χ1) is 22.8. The number of amides is 3. The molecule has 0 spiro atoms. The molecule has 2 unspecified atom stereocenters. The van der Waals surface area contributed by atoms with Crippen LogP contribution in [0.4, 0.5) is 10.1 Å². The number of hydrogen-bond donors (Lipinski definition) is 2. The number of carbonyl (C=O) groups excluding carboxylic acids is 4. The van der Waals surface area contributed by atoms with Crippen LogP contribution in [-0.2, 0) is 20.8 Å². The van der Waals surface area contributed by atoms with Gasteiger partial charge in [-0.2, -0.15) is 0 Å². The van der Waals surface area contributed by atoms with Crippen LogP contribution in [0.3, 0.4) is 0 Å². The maximum Gasteiger partial charge on any atom is 0.230 e. The number of aromatic nitrogens is 1. The fourth-order valence-corrected chi connectivity index (χ4v) is 7.23. The van der Waals surface area contributed by atoms with Gasteiger partial charge in [0, 0.05) is 41.5 Å². The minimum absolute atomic E-state index is 0.0658. The average Bonchev–Trinajstić information content (AvgIpc) is 3.64. The molecule has 0 saturated carbocycles. The van der Waals surface area contributed by atoms with Crippen molar-refractivity contribution in [2.24, 2.45) is 11.8 Å². The van der Waals surface area contributed by atoms with Gasteiger partial charge in [-0.1, -0.05) is 36.4 Å². The number of fused-ring (bicyclic) bond motifs is 2. The van der Waals surface area contributed by atoms with E-state index in [-0.39, 0.29) is 42.2 Å². The highest BCUT2D eigenvalue weighted by molar-refractivity contribution is 7.21. The number of nitrogens with zero attached hydrogens (tertiary/aromatic N) is 1. The van der Waals surface area contributed by atoms with Crippen LogP contribution in [0.1, 0.15) is 41.6 Å². The van der Waals surface area contributed by atoms with Crippen LogP contribution in [0.2, 0.25) is 0 Å². The molecule has 10 heteroatoms. The Hall–Kier alpha value is -5.22. The number of anilines is 1. The van der Waals surface area contributed by atoms with Gasteiger partial charge < -0.3 is 10.1 Å². The molecule has 1 aromatic heterocycles. The Labute approximate surface area is 274 Å². The number of piperidine rings is 1. The zero-order valence-corrected chi connectivity index (χ0v) is 26.1. The maximum absolute atomic E-state index is 13.6. The van der Waals surface area contributed by atoms with Gasteiger partial charge in [0.05, 0.1) is 16.8 Å². The summed E-state index contributed by atoms with van der Waals surface area (Å²) in [6.07, 6.45) is 1.86. The zero-order valence-electron chi connectivity index (χ0n) is 25.3. The molecule has 3 amide bonds. The van der Waals surface area contributed by atoms with Crippen molar-refractivity contribution in [1.29, 1.82) is 0 Å². The number of rotatable bonds is 9. The highest BCUT2D eigenvalue weighted by Crippen LogP contribution is 2.37. The molecule has 1 saturated heterocycles. The fraction of sp³-hybridized carbons (Fsp3) is 0.216. The van der Waals surface area contributed by atoms with Crippen molar-refractivity contribution in [2.75, 3.05) is 11.9 Å². The van der Waals surface area contributed by atoms with Crippen LogP contribution in [0.5, 0.6) is 5.75 Å². The molecular formula is C37H30FN3O5S. The standard InChI is InChI=1S/C37H30FN3O5S/c38-25-9-15-31-32(20-25)47-37(40-31)23-5-3-21(4-6-23)22-7-10-26(11-8-22)39-33(42)2-1-17-46-27-12-13-28-24(18-27)19-30(35(28)44)29-14-16-34(43)41-36(29)45/h3-13,15,18,20,29-30H,1-2,14,16-17,19H2,(H,39,42)(H,41,43,45). The van der Waals surface area contributed by atoms with Gasteiger partial charge in [0.15, 0.2) is 5.78 Å². The summed E-state index contributed by atoms with van der Waals surface area (Å²) in [6, 6.07) is 25.6. The molecule has 5 aromatic rings. The number of benzene rings is 4. The third-order valence-electron chi connectivity index (χ3n) is 8.69. The van der Waals surface area contributed by atoms with Gasteiger partial charge in [0.1, 0.15) is 16.6 Å². The van der Waals surface area contributed by atoms with Gasteiger partial charge in [-0.15, -0.1) is 11.3 Å². The topological polar surface area (TPSA) is 114 Å². The Bertz CT molecular complexity index is 2020. The fourth-order valence-electron chi connectivity index (χ4n) is 6.24. The number of ether oxygens (including phenoxy) is 1. The Kier molecular flexibility index (Phi) is 8.34. The van der Waals surface area contributed by atoms with Crippen molar-refractivity contribution in [3.63, 3.8) is 0 Å². The third-order valence-corrected chi connectivity index (χ3v) is 9.75. The lowest BCUT2D eigenvalue weighted by Crippen LogP contribution is -2.44. The van der Waals surface area contributed by atoms with Crippen molar-refractivity contribution in [1.82, 2.24) is 10.3 Å². The van der Waals surface area contributed by atoms with E-state index in [0.717, 1.165) is 37.5 Å². The van der Waals surface area contributed by atoms with E-state index < -0.39 is 11.8 Å². The SMILES string of the molecule is O=C1CCC(C2Cc3cc(OCCCC(=O)Nc4ccc(-c5ccc(-c6nc7ccc(F)cc7s6)cc5)cc4)ccc3C2=O)C(=O)N1. The summed E-state index contributed by atoms with van der Waals surface area (Å²) in [7, 11) is 0. The summed E-state index contributed by atoms with van der Waals surface area (Å²) in [6.45, 7) is 0.333. The van der Waals surface area contributed by atoms with Crippen molar-refractivity contribution >= 4 is 50.7 Å². The Morgan fingerprint density at radius 3 is 2.43 bits per heavy atom. The van der Waals surface area contributed by atoms with Gasteiger partial charge in [-0.3, -0.25) is 24.5 Å². The molecule has 2 atom stereocenters. The van der Waals surface area contributed by atoms with Gasteiger partial charge >= 0.3 is 0 Å². The second kappa shape index (κ2) is 12.9. The van der Waals surface area contributed by atoms with E-state index in [2.05, 4.69) is 15.6 Å². The maximum atomic E-state index is 13.6. The lowest BCUT2D eigenvalue weighted by molar-refractivity contribution is -0.137. The summed E-state index contributed by atoms with van der Waals surface area (Å²) in [5.74, 6) is -1.46. The minimum atomic E-state index is -0.496. The van der Waals surface area contributed by atoms with Crippen LogP contribution in [0.25, 0.3) is 31.9 Å². The van der Waals surface area contributed by atoms with Crippen molar-refractivity contribution in [3.05, 3.63) is 102 Å². The second-order valence-corrected chi connectivity index (χ2v) is 12.9. The molecule has 2 N–H and O–H groups in total. The molecule has 1 aliphatic carbocycles. The number of ketones is 1. The molecule has 236 valence electrons. The minimum Gasteiger partial charge on any atom is -0.494 e. The third kappa shape index (κ3) is 6.55. The Morgan fingerprint density at radius 2 is 1.66 bits per heavy atom. The van der Waals surface area contributed by atoms with E-state index in [9.17, 15) is 23.6 Å². The molecule has 7 rings (SSSR count). The summed E-state index contributed by atoms with van der Waals surface area (Å²) in [5, 5.41) is 6.11. The predicted octanol–water partition coefficient (Wildman–Crippen LogP) is 6.97. The van der Waals surface area contributed by atoms with Crippen LogP contribution < -0.4 is 15.4 Å². The number of thiazole rings is 1. The number of Topliss-reactive ketones (excluding diaryl/α,β-unsaturated/α-hetero) is 1. The first-order valence-electron chi connectivity index (χ1n) is 15.5. The van der Waals surface area contributed by atoms with Crippen LogP contribution in [0.15, 0.2) is 84.9 Å². The molecule has 1 aliphatic heterocycles. The van der Waals surface area contributed by atoms with Gasteiger partial charge in [0.2, 0.25) is 17.7 Å². The monoisotopic (exact) mass is 647 g/mol. The summed E-state index contributed by atoms with van der Waals surface area (Å²) < 4.78 is 20.2. The van der Waals surface area contributed by atoms with Crippen LogP contribution >= 0.6 is 11.3 Å². The number of nitrogens with one attached hydrogen (secondary N) is 2. The van der Waals surface area contributed by atoms with Gasteiger partial charge in [-0.05, 0) is 84.5 Å². The van der Waals surface area contributed by atoms with Crippen molar-refractivity contribution < 1.29 is 28.3 Å². The van der Waals surface area contributed by atoms with E-state index in [1.807, 2.05) is 54.6 Å². The zero-order chi connectivity index (χ0) is 32.5. The summed E-state index contributed by atoms with van der Waals surface area (Å²) in [5.41, 5.74) is 5.91. The number of halogens is 1. The first-order valence-corrected chi connectivity index (χ1v) is 16.3. The van der Waals surface area contributed by atoms with Crippen molar-refractivity contribution in [2.45, 2.75) is 32.1 Å². The van der Waals surface area contributed by atoms with E-state index >= 15 is 0 Å². The molecule has 2 aliphatic rings. The van der Waals surface area contributed by atoms with Gasteiger partial charge in [-0.25, -0.2) is 9.37 Å². The highest BCUT2D eigenvalue weighted by atomic mass is 32.1. The van der Waals surface area contributed by atoms with Crippen molar-refractivity contribution in [3.8, 4) is 27.4 Å². The lowest BCUT2D eigenvalue weighted by atomic mass is 9.83. The van der Waals surface area contributed by atoms with E-state index in [1.54, 1.807) is 18.2 Å². The average molecular weight is 648 g/mol. The molecular weight excluding hydrogens is 617 g/mol. The molecule has 0 bridgehead atoms. The van der Waals surface area contributed by atoms with E-state index in [0.29, 0.717) is 42.9 Å². The molecule has 4 aromatic carbocycles. The number of hydrogen-bond acceptors (Lipinski definition) is 7. The predicted molar refractivity (Wildman–Crippen MR) is 178 cm³/mol. The first kappa shape index (κ1) is 30.4. The lowest BCUT2D eigenvalue weighted by Gasteiger charge is -2.24. The largest absolute Gasteiger partial charge is 0.494 e. The van der Waals surface area contributed by atoms with Crippen LogP contribution in [0, 0.1) is 17.7 Å². The normalized spacial score (nSPS) is 17.4. The second-order valence-electron chi connectivity index (χ2n) is 11.8. The molecule has 1 fully saturated rings. The quantitative estimate of drug-likeness (QED) is 0.132.